The van der Waals surface area contributed by atoms with Crippen LogP contribution in [0.1, 0.15) is 39.5 Å². The van der Waals surface area contributed by atoms with Crippen LogP contribution in [0.4, 0.5) is 0 Å². The largest absolute Gasteiger partial charge is 0.381 e. The van der Waals surface area contributed by atoms with E-state index in [4.69, 9.17) is 14.2 Å². The van der Waals surface area contributed by atoms with Crippen molar-refractivity contribution < 1.29 is 23.8 Å². The third-order valence-corrected chi connectivity index (χ3v) is 2.50. The topological polar surface area (TPSA) is 73.9 Å². The Balaban J connectivity index is 3.14. The van der Waals surface area contributed by atoms with Gasteiger partial charge in [-0.1, -0.05) is 6.92 Å². The molecule has 21 heavy (non-hydrogen) atoms. The van der Waals surface area contributed by atoms with Gasteiger partial charge in [-0.2, -0.15) is 0 Å². The van der Waals surface area contributed by atoms with Crippen molar-refractivity contribution >= 4 is 11.7 Å². The van der Waals surface area contributed by atoms with Crippen LogP contribution in [0.25, 0.3) is 0 Å². The Morgan fingerprint density at radius 1 is 0.857 bits per heavy atom. The van der Waals surface area contributed by atoms with E-state index >= 15 is 0 Å². The van der Waals surface area contributed by atoms with Crippen LogP contribution >= 0.6 is 0 Å². The van der Waals surface area contributed by atoms with Gasteiger partial charge in [-0.15, -0.1) is 0 Å². The van der Waals surface area contributed by atoms with Gasteiger partial charge >= 0.3 is 0 Å². The Morgan fingerprint density at radius 2 is 1.48 bits per heavy atom. The maximum Gasteiger partial charge on any atom is 0.246 e. The lowest BCUT2D eigenvalue weighted by Gasteiger charge is -2.07. The first-order valence-electron chi connectivity index (χ1n) is 7.66. The molecule has 0 radical (unpaired) electrons. The van der Waals surface area contributed by atoms with Crippen LogP contribution in [0.5, 0.6) is 0 Å². The number of unbranched alkanes of at least 4 members (excludes halogenated alkanes) is 1. The smallest absolute Gasteiger partial charge is 0.246 e. The average Bonchev–Trinajstić information content (AvgIpc) is 2.44. The van der Waals surface area contributed by atoms with Gasteiger partial charge in [-0.3, -0.25) is 9.59 Å². The molecule has 0 aliphatic heterocycles. The summed E-state index contributed by atoms with van der Waals surface area (Å²) in [6.45, 7) is 6.97. The lowest BCUT2D eigenvalue weighted by Crippen LogP contribution is -2.29. The van der Waals surface area contributed by atoms with Crippen molar-refractivity contribution in [3.8, 4) is 0 Å². The Kier molecular flexibility index (Phi) is 14.7. The van der Waals surface area contributed by atoms with E-state index in [0.717, 1.165) is 45.5 Å². The fourth-order valence-electron chi connectivity index (χ4n) is 1.50. The number of ether oxygens (including phenoxy) is 3. The maximum atomic E-state index is 11.3. The number of rotatable bonds is 15. The van der Waals surface area contributed by atoms with Gasteiger partial charge in [0.25, 0.3) is 0 Å². The van der Waals surface area contributed by atoms with Crippen LogP contribution in [0.15, 0.2) is 0 Å². The van der Waals surface area contributed by atoms with Gasteiger partial charge in [0.15, 0.2) is 5.78 Å². The Bertz CT molecular complexity index is 271. The quantitative estimate of drug-likeness (QED) is 0.462. The van der Waals surface area contributed by atoms with Gasteiger partial charge in [-0.25, -0.2) is 0 Å². The third kappa shape index (κ3) is 17.0. The van der Waals surface area contributed by atoms with E-state index in [9.17, 15) is 9.59 Å². The Hall–Kier alpha value is -0.980. The van der Waals surface area contributed by atoms with Crippen molar-refractivity contribution in [3.63, 3.8) is 0 Å². The molecule has 6 nitrogen and oxygen atoms in total. The number of amides is 1. The van der Waals surface area contributed by atoms with Crippen LogP contribution < -0.4 is 5.32 Å². The number of nitrogens with one attached hydrogen (secondary N) is 1. The van der Waals surface area contributed by atoms with E-state index in [1.165, 1.54) is 6.92 Å². The minimum Gasteiger partial charge on any atom is -0.381 e. The van der Waals surface area contributed by atoms with E-state index in [0.29, 0.717) is 13.2 Å². The van der Waals surface area contributed by atoms with Gasteiger partial charge in [0.2, 0.25) is 5.91 Å². The van der Waals surface area contributed by atoms with E-state index in [-0.39, 0.29) is 24.9 Å². The van der Waals surface area contributed by atoms with Crippen molar-refractivity contribution in [1.29, 1.82) is 0 Å². The molecule has 0 aliphatic rings. The molecular formula is C15H29NO5. The van der Waals surface area contributed by atoms with E-state index in [2.05, 4.69) is 12.2 Å². The highest BCUT2D eigenvalue weighted by Crippen LogP contribution is 1.93. The number of Topliss-reactive ketones (excluding diaryl/α,β-unsaturated/α-hetero) is 1. The van der Waals surface area contributed by atoms with Crippen molar-refractivity contribution in [2.24, 2.45) is 0 Å². The van der Waals surface area contributed by atoms with E-state index < -0.39 is 0 Å². The zero-order chi connectivity index (χ0) is 15.8. The molecular weight excluding hydrogens is 274 g/mol. The molecule has 0 atom stereocenters. The van der Waals surface area contributed by atoms with Crippen LogP contribution in [0.2, 0.25) is 0 Å². The third-order valence-electron chi connectivity index (χ3n) is 2.50. The minimum absolute atomic E-state index is 0.0154. The standard InChI is InChI=1S/C15H29NO5/c1-3-8-19-9-4-5-10-20-11-6-7-16-15(18)13-21-12-14(2)17/h3-13H2,1-2H3,(H,16,18). The molecule has 0 heterocycles. The highest BCUT2D eigenvalue weighted by molar-refractivity contribution is 5.79. The number of hydrogen-bond donors (Lipinski definition) is 1. The molecule has 1 N–H and O–H groups in total. The summed E-state index contributed by atoms with van der Waals surface area (Å²) in [6.07, 6.45) is 3.84. The van der Waals surface area contributed by atoms with Gasteiger partial charge < -0.3 is 19.5 Å². The molecule has 0 bridgehead atoms. The summed E-state index contributed by atoms with van der Waals surface area (Å²) in [5, 5.41) is 2.71. The molecule has 0 aromatic heterocycles. The molecule has 0 unspecified atom stereocenters. The van der Waals surface area contributed by atoms with Gasteiger partial charge in [0.05, 0.1) is 0 Å². The van der Waals surface area contributed by atoms with Crippen molar-refractivity contribution in [2.45, 2.75) is 39.5 Å². The Morgan fingerprint density at radius 3 is 2.10 bits per heavy atom. The highest BCUT2D eigenvalue weighted by atomic mass is 16.5. The number of carbonyl (C=O) groups excluding carboxylic acids is 2. The molecule has 0 rings (SSSR count). The normalized spacial score (nSPS) is 10.6. The molecule has 0 saturated carbocycles. The minimum atomic E-state index is -0.204. The van der Waals surface area contributed by atoms with Gasteiger partial charge in [-0.05, 0) is 32.6 Å². The fraction of sp³-hybridized carbons (Fsp3) is 0.867. The summed E-state index contributed by atoms with van der Waals surface area (Å²) in [4.78, 5) is 21.9. The lowest BCUT2D eigenvalue weighted by atomic mass is 10.3. The van der Waals surface area contributed by atoms with Crippen molar-refractivity contribution in [3.05, 3.63) is 0 Å². The summed E-state index contributed by atoms with van der Waals surface area (Å²) in [5.41, 5.74) is 0. The van der Waals surface area contributed by atoms with E-state index in [1.807, 2.05) is 0 Å². The van der Waals surface area contributed by atoms with Gasteiger partial charge in [0, 0.05) is 33.0 Å². The lowest BCUT2D eigenvalue weighted by molar-refractivity contribution is -0.129. The second kappa shape index (κ2) is 15.4. The zero-order valence-corrected chi connectivity index (χ0v) is 13.3. The molecule has 1 amide bonds. The second-order valence-electron chi connectivity index (χ2n) is 4.83. The van der Waals surface area contributed by atoms with Crippen LogP contribution in [-0.2, 0) is 23.8 Å². The zero-order valence-electron chi connectivity index (χ0n) is 13.3. The van der Waals surface area contributed by atoms with Crippen LogP contribution in [-0.4, -0.2) is 57.9 Å². The first kappa shape index (κ1) is 20.0. The number of hydrogen-bond acceptors (Lipinski definition) is 5. The summed E-state index contributed by atoms with van der Waals surface area (Å²) in [5.74, 6) is -0.291. The summed E-state index contributed by atoms with van der Waals surface area (Å²) < 4.78 is 15.7. The molecule has 0 aliphatic carbocycles. The maximum absolute atomic E-state index is 11.3. The van der Waals surface area contributed by atoms with Crippen LogP contribution in [0.3, 0.4) is 0 Å². The first-order valence-corrected chi connectivity index (χ1v) is 7.66. The van der Waals surface area contributed by atoms with Crippen molar-refractivity contribution in [1.82, 2.24) is 5.32 Å². The van der Waals surface area contributed by atoms with Crippen molar-refractivity contribution in [2.75, 3.05) is 46.2 Å². The van der Waals surface area contributed by atoms with Gasteiger partial charge in [0.1, 0.15) is 13.2 Å². The molecule has 0 aromatic rings. The molecule has 0 aromatic carbocycles. The SMILES string of the molecule is CCCOCCCCOCCCNC(=O)COCC(C)=O. The summed E-state index contributed by atoms with van der Waals surface area (Å²) in [6, 6.07) is 0. The molecule has 0 saturated heterocycles. The molecule has 6 heteroatoms. The van der Waals surface area contributed by atoms with E-state index in [1.54, 1.807) is 0 Å². The first-order chi connectivity index (χ1) is 10.2. The Labute approximate surface area is 127 Å². The number of carbonyl (C=O) groups is 2. The van der Waals surface area contributed by atoms with Crippen LogP contribution in [0, 0.1) is 0 Å². The molecule has 0 spiro atoms. The second-order valence-corrected chi connectivity index (χ2v) is 4.83. The average molecular weight is 303 g/mol. The molecule has 124 valence electrons. The summed E-state index contributed by atoms with van der Waals surface area (Å²) >= 11 is 0. The monoisotopic (exact) mass is 303 g/mol. The molecule has 0 fully saturated rings. The fourth-order valence-corrected chi connectivity index (χ4v) is 1.50. The predicted molar refractivity (Wildman–Crippen MR) is 80.3 cm³/mol. The highest BCUT2D eigenvalue weighted by Gasteiger charge is 2.01. The number of ketones is 1. The predicted octanol–water partition coefficient (Wildman–Crippen LogP) is 1.32. The summed E-state index contributed by atoms with van der Waals surface area (Å²) in [7, 11) is 0.